The second-order valence-electron chi connectivity index (χ2n) is 4.84. The fraction of sp³-hybridized carbons (Fsp3) is 0.308. The Hall–Kier alpha value is -2.44. The average Bonchev–Trinajstić information content (AvgIpc) is 2.82. The Kier molecular flexibility index (Phi) is 2.53. The summed E-state index contributed by atoms with van der Waals surface area (Å²) in [7, 11) is 0. The number of rotatable bonds is 1. The maximum Gasteiger partial charge on any atom is 0.415 e. The molecule has 1 aromatic rings. The predicted octanol–water partition coefficient (Wildman–Crippen LogP) is 1.19. The highest BCUT2D eigenvalue weighted by Gasteiger charge is 2.54. The molecule has 20 heavy (non-hydrogen) atoms. The van der Waals surface area contributed by atoms with E-state index in [2.05, 4.69) is 10.6 Å². The molecule has 7 heteroatoms. The third kappa shape index (κ3) is 1.66. The lowest BCUT2D eigenvalue weighted by Crippen LogP contribution is -2.34. The molecule has 1 aliphatic carbocycles. The summed E-state index contributed by atoms with van der Waals surface area (Å²) < 4.78 is 19.0. The topological polar surface area (TPSA) is 84.5 Å². The van der Waals surface area contributed by atoms with Crippen molar-refractivity contribution < 1.29 is 23.5 Å². The Morgan fingerprint density at radius 1 is 1.45 bits per heavy atom. The van der Waals surface area contributed by atoms with E-state index in [1.807, 2.05) is 0 Å². The maximum absolute atomic E-state index is 14.0. The van der Waals surface area contributed by atoms with Crippen LogP contribution < -0.4 is 10.6 Å². The highest BCUT2D eigenvalue weighted by molar-refractivity contribution is 6.04. The molecule has 1 aromatic carbocycles. The van der Waals surface area contributed by atoms with Gasteiger partial charge in [-0.05, 0) is 24.1 Å². The van der Waals surface area contributed by atoms with Crippen molar-refractivity contribution in [2.45, 2.75) is 25.4 Å². The number of aryl methyl sites for hydroxylation is 1. The first kappa shape index (κ1) is 12.6. The molecule has 3 rings (SSSR count). The molecular formula is C13H11FN2O4. The highest BCUT2D eigenvalue weighted by atomic mass is 19.1. The van der Waals surface area contributed by atoms with Gasteiger partial charge in [-0.25, -0.2) is 9.18 Å². The van der Waals surface area contributed by atoms with Crippen molar-refractivity contribution in [3.05, 3.63) is 29.1 Å². The molecule has 1 unspecified atom stereocenters. The normalized spacial score (nSPS) is 23.5. The lowest BCUT2D eigenvalue weighted by molar-refractivity contribution is -0.132. The van der Waals surface area contributed by atoms with Crippen LogP contribution in [0.4, 0.5) is 14.9 Å². The van der Waals surface area contributed by atoms with E-state index in [-0.39, 0.29) is 18.0 Å². The van der Waals surface area contributed by atoms with Crippen LogP contribution in [0.2, 0.25) is 0 Å². The molecular weight excluding hydrogens is 267 g/mol. The second kappa shape index (κ2) is 4.03. The minimum Gasteiger partial charge on any atom is -0.427 e. The van der Waals surface area contributed by atoms with E-state index >= 15 is 0 Å². The minimum atomic E-state index is -1.43. The van der Waals surface area contributed by atoms with Crippen LogP contribution in [-0.4, -0.2) is 17.9 Å². The Balaban J connectivity index is 2.07. The van der Waals surface area contributed by atoms with Crippen molar-refractivity contribution >= 4 is 23.6 Å². The molecule has 1 fully saturated rings. The fourth-order valence-electron chi connectivity index (χ4n) is 2.70. The molecule has 104 valence electrons. The Labute approximate surface area is 113 Å². The number of alkyl carbamates (subject to hydrolysis) is 1. The van der Waals surface area contributed by atoms with E-state index in [0.717, 1.165) is 6.07 Å². The lowest BCUT2D eigenvalue weighted by Gasteiger charge is -2.19. The summed E-state index contributed by atoms with van der Waals surface area (Å²) in [6.07, 6.45) is -0.0969. The predicted molar refractivity (Wildman–Crippen MR) is 65.3 cm³/mol. The number of nitrogens with one attached hydrogen (secondary N) is 2. The van der Waals surface area contributed by atoms with Gasteiger partial charge < -0.3 is 10.1 Å². The molecule has 1 atom stereocenters. The zero-order valence-electron chi connectivity index (χ0n) is 10.6. The van der Waals surface area contributed by atoms with Crippen LogP contribution in [-0.2, 0) is 26.3 Å². The number of fused-ring (bicyclic) bond motifs is 2. The van der Waals surface area contributed by atoms with Gasteiger partial charge in [0.25, 0.3) is 5.91 Å². The van der Waals surface area contributed by atoms with Crippen molar-refractivity contribution in [1.82, 2.24) is 5.32 Å². The lowest BCUT2D eigenvalue weighted by atomic mass is 9.95. The van der Waals surface area contributed by atoms with Crippen LogP contribution in [0.5, 0.6) is 0 Å². The van der Waals surface area contributed by atoms with Crippen LogP contribution >= 0.6 is 0 Å². The van der Waals surface area contributed by atoms with Crippen molar-refractivity contribution in [1.29, 1.82) is 0 Å². The molecule has 1 aliphatic heterocycles. The molecule has 2 aliphatic rings. The van der Waals surface area contributed by atoms with Crippen LogP contribution in [0.15, 0.2) is 12.1 Å². The third-order valence-corrected chi connectivity index (χ3v) is 3.53. The molecule has 6 nitrogen and oxygen atoms in total. The summed E-state index contributed by atoms with van der Waals surface area (Å²) in [4.78, 5) is 34.1. The van der Waals surface area contributed by atoms with E-state index in [1.165, 1.54) is 13.0 Å². The fourth-order valence-corrected chi connectivity index (χ4v) is 2.70. The van der Waals surface area contributed by atoms with Crippen molar-refractivity contribution in [3.8, 4) is 0 Å². The van der Waals surface area contributed by atoms with E-state index in [0.29, 0.717) is 17.5 Å². The SMILES string of the molecule is CC(=O)Nc1cc2c(cc1F)C1(CC2)OC(=O)NC1=O. The quantitative estimate of drug-likeness (QED) is 0.808. The van der Waals surface area contributed by atoms with Crippen LogP contribution in [0, 0.1) is 5.82 Å². The monoisotopic (exact) mass is 278 g/mol. The average molecular weight is 278 g/mol. The molecule has 2 N–H and O–H groups in total. The third-order valence-electron chi connectivity index (χ3n) is 3.53. The first-order valence-corrected chi connectivity index (χ1v) is 6.07. The number of amides is 3. The Morgan fingerprint density at radius 3 is 2.80 bits per heavy atom. The standard InChI is InChI=1S/C13H11FN2O4/c1-6(17)15-10-4-7-2-3-13(8(7)5-9(10)14)11(18)16-12(19)20-13/h4-5H,2-3H2,1H3,(H,15,17)(H,16,18,19). The summed E-state index contributed by atoms with van der Waals surface area (Å²) in [5.74, 6) is -1.63. The van der Waals surface area contributed by atoms with E-state index in [4.69, 9.17) is 4.74 Å². The number of hydrogen-bond donors (Lipinski definition) is 2. The smallest absolute Gasteiger partial charge is 0.415 e. The van der Waals surface area contributed by atoms with Gasteiger partial charge >= 0.3 is 6.09 Å². The van der Waals surface area contributed by atoms with Crippen molar-refractivity contribution in [3.63, 3.8) is 0 Å². The van der Waals surface area contributed by atoms with Gasteiger partial charge in [-0.1, -0.05) is 0 Å². The summed E-state index contributed by atoms with van der Waals surface area (Å²) in [6, 6.07) is 2.62. The van der Waals surface area contributed by atoms with Crippen LogP contribution in [0.3, 0.4) is 0 Å². The largest absolute Gasteiger partial charge is 0.427 e. The molecule has 0 aromatic heterocycles. The van der Waals surface area contributed by atoms with Crippen molar-refractivity contribution in [2.24, 2.45) is 0 Å². The van der Waals surface area contributed by atoms with Gasteiger partial charge in [-0.15, -0.1) is 0 Å². The van der Waals surface area contributed by atoms with Gasteiger partial charge in [-0.3, -0.25) is 14.9 Å². The number of hydrogen-bond acceptors (Lipinski definition) is 4. The molecule has 1 heterocycles. The minimum absolute atomic E-state index is 0.0537. The number of carbonyl (C=O) groups is 3. The molecule has 0 bridgehead atoms. The number of anilines is 1. The van der Waals surface area contributed by atoms with Crippen LogP contribution in [0.1, 0.15) is 24.5 Å². The highest BCUT2D eigenvalue weighted by Crippen LogP contribution is 2.44. The van der Waals surface area contributed by atoms with Crippen LogP contribution in [0.25, 0.3) is 0 Å². The van der Waals surface area contributed by atoms with Gasteiger partial charge in [0.15, 0.2) is 0 Å². The number of carbonyl (C=O) groups excluding carboxylic acids is 3. The summed E-state index contributed by atoms with van der Waals surface area (Å²) in [5.41, 5.74) is -0.354. The second-order valence-corrected chi connectivity index (χ2v) is 4.84. The Bertz CT molecular complexity index is 658. The maximum atomic E-state index is 14.0. The molecule has 0 radical (unpaired) electrons. The Morgan fingerprint density at radius 2 is 2.20 bits per heavy atom. The first-order chi connectivity index (χ1) is 9.42. The van der Waals surface area contributed by atoms with Gasteiger partial charge in [0, 0.05) is 18.9 Å². The zero-order valence-corrected chi connectivity index (χ0v) is 10.6. The number of halogens is 1. The van der Waals surface area contributed by atoms with Gasteiger partial charge in [-0.2, -0.15) is 0 Å². The van der Waals surface area contributed by atoms with E-state index in [1.54, 1.807) is 0 Å². The molecule has 0 saturated carbocycles. The van der Waals surface area contributed by atoms with Crippen molar-refractivity contribution in [2.75, 3.05) is 5.32 Å². The van der Waals surface area contributed by atoms with Gasteiger partial charge in [0.1, 0.15) is 5.82 Å². The van der Waals surface area contributed by atoms with Gasteiger partial charge in [0.05, 0.1) is 5.69 Å². The van der Waals surface area contributed by atoms with E-state index < -0.39 is 23.4 Å². The summed E-state index contributed by atoms with van der Waals surface area (Å²) in [5, 5.41) is 4.44. The molecule has 1 saturated heterocycles. The molecule has 1 spiro atoms. The number of benzene rings is 1. The first-order valence-electron chi connectivity index (χ1n) is 6.07. The zero-order chi connectivity index (χ0) is 14.5. The number of imide groups is 1. The summed E-state index contributed by atoms with van der Waals surface area (Å²) in [6.45, 7) is 1.28. The van der Waals surface area contributed by atoms with Gasteiger partial charge in [0.2, 0.25) is 11.5 Å². The van der Waals surface area contributed by atoms with E-state index in [9.17, 15) is 18.8 Å². The number of ether oxygens (including phenoxy) is 1. The summed E-state index contributed by atoms with van der Waals surface area (Å²) >= 11 is 0. The molecule has 3 amide bonds.